The Bertz CT molecular complexity index is 1280. The van der Waals surface area contributed by atoms with Gasteiger partial charge in [-0.05, 0) is 66.3 Å². The van der Waals surface area contributed by atoms with Crippen LogP contribution in [-0.2, 0) is 0 Å². The van der Waals surface area contributed by atoms with Gasteiger partial charge < -0.3 is 14.3 Å². The first-order valence-electron chi connectivity index (χ1n) is 9.00. The fourth-order valence-corrected chi connectivity index (χ4v) is 3.01. The molecule has 3 aromatic carbocycles. The number of ether oxygens (including phenoxy) is 1. The Morgan fingerprint density at radius 2 is 1.90 bits per heavy atom. The third-order valence-corrected chi connectivity index (χ3v) is 4.50. The summed E-state index contributed by atoms with van der Waals surface area (Å²) >= 11 is 0. The number of fused-ring (bicyclic) bond motifs is 1. The van der Waals surface area contributed by atoms with E-state index in [-0.39, 0.29) is 5.56 Å². The number of methoxy groups -OCH3 is 1. The van der Waals surface area contributed by atoms with Crippen LogP contribution < -0.4 is 9.84 Å². The summed E-state index contributed by atoms with van der Waals surface area (Å²) < 4.78 is 10.9. The van der Waals surface area contributed by atoms with Gasteiger partial charge in [0.15, 0.2) is 5.58 Å². The molecule has 0 bridgehead atoms. The van der Waals surface area contributed by atoms with Crippen LogP contribution in [0.3, 0.4) is 0 Å². The lowest BCUT2D eigenvalue weighted by molar-refractivity contribution is -0.398. The van der Waals surface area contributed by atoms with Crippen LogP contribution in [0.5, 0.6) is 11.5 Å². The summed E-state index contributed by atoms with van der Waals surface area (Å²) in [6.45, 7) is 1.69. The van der Waals surface area contributed by atoms with E-state index in [2.05, 4.69) is 9.98 Å². The highest BCUT2D eigenvalue weighted by atomic mass is 16.6. The van der Waals surface area contributed by atoms with Crippen LogP contribution in [0.25, 0.3) is 22.6 Å². The standard InChI is InChI=1S/C22H17N3O5/c1-13-9-15(21(26)19(10-13)25(27)28)12-23-16-5-8-20-18(11-16)24-22(30-20)14-3-6-17(29-2)7-4-14/h3-12,26H,1-2H3/p-1. The molecule has 0 saturated heterocycles. The second kappa shape index (κ2) is 7.67. The van der Waals surface area contributed by atoms with E-state index in [0.29, 0.717) is 28.2 Å². The van der Waals surface area contributed by atoms with Crippen LogP contribution in [0.15, 0.2) is 64.0 Å². The molecule has 0 atom stereocenters. The quantitative estimate of drug-likeness (QED) is 0.275. The molecule has 4 aromatic rings. The molecule has 1 aromatic heterocycles. The van der Waals surface area contributed by atoms with Gasteiger partial charge in [0.1, 0.15) is 11.3 Å². The van der Waals surface area contributed by atoms with Crippen molar-refractivity contribution in [2.45, 2.75) is 6.92 Å². The third kappa shape index (κ3) is 3.70. The highest BCUT2D eigenvalue weighted by Crippen LogP contribution is 2.30. The second-order valence-electron chi connectivity index (χ2n) is 6.62. The monoisotopic (exact) mass is 402 g/mol. The zero-order valence-electron chi connectivity index (χ0n) is 16.2. The van der Waals surface area contributed by atoms with Gasteiger partial charge >= 0.3 is 0 Å². The molecule has 0 amide bonds. The minimum absolute atomic E-state index is 0.154. The number of aryl methyl sites for hydroxylation is 1. The Morgan fingerprint density at radius 3 is 2.60 bits per heavy atom. The minimum atomic E-state index is -0.686. The van der Waals surface area contributed by atoms with Crippen molar-refractivity contribution in [3.8, 4) is 23.0 Å². The fourth-order valence-electron chi connectivity index (χ4n) is 3.01. The number of nitro benzene ring substituents is 1. The molecule has 0 aliphatic heterocycles. The van der Waals surface area contributed by atoms with Gasteiger partial charge in [-0.1, -0.05) is 6.07 Å². The van der Waals surface area contributed by atoms with E-state index in [1.807, 2.05) is 24.3 Å². The fraction of sp³-hybridized carbons (Fsp3) is 0.0909. The number of nitro groups is 1. The van der Waals surface area contributed by atoms with Crippen molar-refractivity contribution in [1.82, 2.24) is 4.98 Å². The summed E-state index contributed by atoms with van der Waals surface area (Å²) in [6.07, 6.45) is 1.33. The van der Waals surface area contributed by atoms with Gasteiger partial charge in [-0.15, -0.1) is 0 Å². The topological polar surface area (TPSA) is 114 Å². The molecule has 150 valence electrons. The van der Waals surface area contributed by atoms with E-state index in [1.165, 1.54) is 12.3 Å². The predicted molar refractivity (Wildman–Crippen MR) is 111 cm³/mol. The van der Waals surface area contributed by atoms with Crippen molar-refractivity contribution >= 4 is 28.7 Å². The maximum Gasteiger partial charge on any atom is 0.262 e. The average Bonchev–Trinajstić information content (AvgIpc) is 3.17. The molecule has 0 aliphatic rings. The molecule has 1 heterocycles. The maximum atomic E-state index is 12.2. The summed E-state index contributed by atoms with van der Waals surface area (Å²) in [5.41, 5.74) is 2.84. The Hall–Kier alpha value is -4.20. The molecule has 8 nitrogen and oxygen atoms in total. The van der Waals surface area contributed by atoms with E-state index in [0.717, 1.165) is 11.3 Å². The molecule has 30 heavy (non-hydrogen) atoms. The summed E-state index contributed by atoms with van der Waals surface area (Å²) in [5, 5.41) is 23.3. The second-order valence-corrected chi connectivity index (χ2v) is 6.62. The Labute approximate surface area is 171 Å². The van der Waals surface area contributed by atoms with Gasteiger partial charge in [0.05, 0.1) is 17.7 Å². The maximum absolute atomic E-state index is 12.2. The van der Waals surface area contributed by atoms with Crippen LogP contribution in [0.2, 0.25) is 0 Å². The Morgan fingerprint density at radius 1 is 1.13 bits per heavy atom. The van der Waals surface area contributed by atoms with Crippen LogP contribution in [0, 0.1) is 17.0 Å². The number of hydrogen-bond donors (Lipinski definition) is 0. The van der Waals surface area contributed by atoms with E-state index >= 15 is 0 Å². The SMILES string of the molecule is COc1ccc(-c2nc3cc(N=Cc4cc(C)cc([N+](=O)[O-])c4[O-])ccc3o2)cc1. The van der Waals surface area contributed by atoms with E-state index < -0.39 is 16.4 Å². The Kier molecular flexibility index (Phi) is 4.89. The summed E-state index contributed by atoms with van der Waals surface area (Å²) in [5.74, 6) is 0.532. The van der Waals surface area contributed by atoms with Gasteiger partial charge in [0.2, 0.25) is 5.89 Å². The number of oxazole rings is 1. The molecule has 8 heteroatoms. The zero-order valence-corrected chi connectivity index (χ0v) is 16.2. The normalized spacial score (nSPS) is 11.3. The van der Waals surface area contributed by atoms with Crippen molar-refractivity contribution in [1.29, 1.82) is 0 Å². The van der Waals surface area contributed by atoms with Gasteiger partial charge in [-0.25, -0.2) is 4.98 Å². The highest BCUT2D eigenvalue weighted by molar-refractivity contribution is 5.88. The molecular formula is C22H16N3O5-. The lowest BCUT2D eigenvalue weighted by atomic mass is 10.1. The summed E-state index contributed by atoms with van der Waals surface area (Å²) in [6, 6.07) is 15.3. The molecule has 0 N–H and O–H groups in total. The van der Waals surface area contributed by atoms with Gasteiger partial charge in [0, 0.05) is 17.8 Å². The smallest absolute Gasteiger partial charge is 0.262 e. The number of aromatic nitrogens is 1. The van der Waals surface area contributed by atoms with Crippen molar-refractivity contribution in [2.75, 3.05) is 7.11 Å². The first-order valence-corrected chi connectivity index (χ1v) is 9.00. The molecule has 0 saturated carbocycles. The van der Waals surface area contributed by atoms with Gasteiger partial charge in [0.25, 0.3) is 5.69 Å². The van der Waals surface area contributed by atoms with Crippen molar-refractivity contribution in [3.05, 3.63) is 75.8 Å². The number of rotatable bonds is 5. The van der Waals surface area contributed by atoms with Crippen molar-refractivity contribution in [2.24, 2.45) is 4.99 Å². The van der Waals surface area contributed by atoms with Crippen LogP contribution in [-0.4, -0.2) is 23.2 Å². The first kappa shape index (κ1) is 19.1. The zero-order chi connectivity index (χ0) is 21.3. The lowest BCUT2D eigenvalue weighted by Crippen LogP contribution is -2.02. The van der Waals surface area contributed by atoms with E-state index in [1.54, 1.807) is 38.3 Å². The van der Waals surface area contributed by atoms with E-state index in [9.17, 15) is 15.2 Å². The third-order valence-electron chi connectivity index (χ3n) is 4.50. The van der Waals surface area contributed by atoms with Crippen LogP contribution in [0.1, 0.15) is 11.1 Å². The number of hydrogen-bond acceptors (Lipinski definition) is 7. The van der Waals surface area contributed by atoms with E-state index in [4.69, 9.17) is 9.15 Å². The minimum Gasteiger partial charge on any atom is -0.867 e. The predicted octanol–water partition coefficient (Wildman–Crippen LogP) is 4.54. The van der Waals surface area contributed by atoms with Crippen molar-refractivity contribution < 1.29 is 19.2 Å². The van der Waals surface area contributed by atoms with Crippen LogP contribution >= 0.6 is 0 Å². The van der Waals surface area contributed by atoms with Crippen molar-refractivity contribution in [3.63, 3.8) is 0 Å². The van der Waals surface area contributed by atoms with Gasteiger partial charge in [-0.2, -0.15) is 0 Å². The number of benzene rings is 3. The largest absolute Gasteiger partial charge is 0.867 e. The number of aliphatic imine (C=N–C) groups is 1. The molecule has 0 unspecified atom stereocenters. The summed E-state index contributed by atoms with van der Waals surface area (Å²) in [4.78, 5) is 19.1. The van der Waals surface area contributed by atoms with Gasteiger partial charge in [-0.3, -0.25) is 15.1 Å². The van der Waals surface area contributed by atoms with Crippen LogP contribution in [0.4, 0.5) is 11.4 Å². The molecule has 0 spiro atoms. The summed E-state index contributed by atoms with van der Waals surface area (Å²) in [7, 11) is 1.60. The number of nitrogens with zero attached hydrogens (tertiary/aromatic N) is 3. The molecule has 0 radical (unpaired) electrons. The first-order chi connectivity index (χ1) is 14.4. The lowest BCUT2D eigenvalue weighted by Gasteiger charge is -2.11. The Balaban J connectivity index is 1.65. The molecule has 0 aliphatic carbocycles. The molecule has 4 rings (SSSR count). The molecule has 0 fully saturated rings. The molecular weight excluding hydrogens is 386 g/mol. The average molecular weight is 402 g/mol. The highest BCUT2D eigenvalue weighted by Gasteiger charge is 2.11.